The summed E-state index contributed by atoms with van der Waals surface area (Å²) in [6, 6.07) is 10.5. The molecule has 170 valence electrons. The minimum absolute atomic E-state index is 0.00481. The topological polar surface area (TPSA) is 72.9 Å². The van der Waals surface area contributed by atoms with Crippen LogP contribution in [0, 0.1) is 5.92 Å². The van der Waals surface area contributed by atoms with Crippen molar-refractivity contribution < 1.29 is 9.59 Å². The van der Waals surface area contributed by atoms with Crippen molar-refractivity contribution in [3.8, 4) is 0 Å². The summed E-state index contributed by atoms with van der Waals surface area (Å²) in [6.45, 7) is 6.67. The lowest BCUT2D eigenvalue weighted by Crippen LogP contribution is -2.52. The Bertz CT molecular complexity index is 943. The molecule has 0 radical (unpaired) electrons. The zero-order valence-corrected chi connectivity index (χ0v) is 19.2. The summed E-state index contributed by atoms with van der Waals surface area (Å²) in [6.07, 6.45) is 3.37. The van der Waals surface area contributed by atoms with Crippen molar-refractivity contribution in [1.29, 1.82) is 0 Å². The van der Waals surface area contributed by atoms with E-state index in [-0.39, 0.29) is 17.7 Å². The van der Waals surface area contributed by atoms with E-state index in [4.69, 9.17) is 0 Å². The molecule has 32 heavy (non-hydrogen) atoms. The lowest BCUT2D eigenvalue weighted by Gasteiger charge is -2.39. The summed E-state index contributed by atoms with van der Waals surface area (Å²) < 4.78 is 0. The molecular weight excluding hydrogens is 424 g/mol. The fourth-order valence-electron chi connectivity index (χ4n) is 4.87. The van der Waals surface area contributed by atoms with E-state index in [1.54, 1.807) is 4.90 Å². The third kappa shape index (κ3) is 4.63. The fourth-order valence-corrected chi connectivity index (χ4v) is 5.80. The van der Waals surface area contributed by atoms with Gasteiger partial charge in [0.2, 0.25) is 22.1 Å². The zero-order chi connectivity index (χ0) is 21.9. The summed E-state index contributed by atoms with van der Waals surface area (Å²) in [5.41, 5.74) is 1.32. The van der Waals surface area contributed by atoms with E-state index in [1.165, 1.54) is 16.9 Å². The standard InChI is InChI=1S/C23H30N6O2S/c30-20-9-5-11-29(20)23-25-24-22(32-23)28-10-4-8-19(17-28)21(31)27-14-12-26(13-15-27)16-18-6-2-1-3-7-18/h1-3,6-7,19H,4-5,8-17H2/t19-/m0/s1. The van der Waals surface area contributed by atoms with Crippen molar-refractivity contribution in [2.24, 2.45) is 5.92 Å². The van der Waals surface area contributed by atoms with Crippen LogP contribution in [0.1, 0.15) is 31.2 Å². The lowest BCUT2D eigenvalue weighted by molar-refractivity contribution is -0.137. The summed E-state index contributed by atoms with van der Waals surface area (Å²) in [5, 5.41) is 10.1. The molecule has 1 atom stereocenters. The van der Waals surface area contributed by atoms with Crippen LogP contribution in [0.5, 0.6) is 0 Å². The largest absolute Gasteiger partial charge is 0.346 e. The number of rotatable bonds is 5. The maximum Gasteiger partial charge on any atom is 0.228 e. The second kappa shape index (κ2) is 9.54. The average Bonchev–Trinajstić information content (AvgIpc) is 3.49. The highest BCUT2D eigenvalue weighted by Crippen LogP contribution is 2.32. The van der Waals surface area contributed by atoms with Crippen LogP contribution < -0.4 is 9.80 Å². The average molecular weight is 455 g/mol. The van der Waals surface area contributed by atoms with E-state index in [0.29, 0.717) is 18.1 Å². The minimum Gasteiger partial charge on any atom is -0.346 e. The Morgan fingerprint density at radius 2 is 1.75 bits per heavy atom. The Hall–Kier alpha value is -2.52. The molecule has 0 spiro atoms. The number of amides is 2. The van der Waals surface area contributed by atoms with Crippen LogP contribution in [0.3, 0.4) is 0 Å². The number of anilines is 2. The first kappa shape index (κ1) is 21.3. The van der Waals surface area contributed by atoms with Gasteiger partial charge in [0, 0.05) is 58.8 Å². The van der Waals surface area contributed by atoms with Gasteiger partial charge in [-0.05, 0) is 24.8 Å². The fraction of sp³-hybridized carbons (Fsp3) is 0.565. The van der Waals surface area contributed by atoms with Crippen LogP contribution in [-0.2, 0) is 16.1 Å². The molecule has 3 aliphatic heterocycles. The predicted molar refractivity (Wildman–Crippen MR) is 125 cm³/mol. The van der Waals surface area contributed by atoms with Gasteiger partial charge in [0.15, 0.2) is 0 Å². The monoisotopic (exact) mass is 454 g/mol. The van der Waals surface area contributed by atoms with Gasteiger partial charge in [-0.2, -0.15) is 0 Å². The van der Waals surface area contributed by atoms with Crippen LogP contribution in [0.25, 0.3) is 0 Å². The Kier molecular flexibility index (Phi) is 6.36. The van der Waals surface area contributed by atoms with Crippen molar-refractivity contribution in [2.45, 2.75) is 32.2 Å². The van der Waals surface area contributed by atoms with Gasteiger partial charge in [0.25, 0.3) is 0 Å². The maximum absolute atomic E-state index is 13.2. The van der Waals surface area contributed by atoms with Crippen LogP contribution in [0.15, 0.2) is 30.3 Å². The highest BCUT2D eigenvalue weighted by Gasteiger charge is 2.33. The molecule has 3 aliphatic rings. The number of hydrogen-bond acceptors (Lipinski definition) is 7. The molecule has 2 aromatic rings. The van der Waals surface area contributed by atoms with Crippen molar-refractivity contribution in [1.82, 2.24) is 20.0 Å². The van der Waals surface area contributed by atoms with Gasteiger partial charge >= 0.3 is 0 Å². The van der Waals surface area contributed by atoms with Crippen molar-refractivity contribution in [3.63, 3.8) is 0 Å². The quantitative estimate of drug-likeness (QED) is 0.690. The molecule has 4 heterocycles. The number of piperazine rings is 1. The molecule has 0 N–H and O–H groups in total. The number of aromatic nitrogens is 2. The summed E-state index contributed by atoms with van der Waals surface area (Å²) in [7, 11) is 0. The van der Waals surface area contributed by atoms with Crippen LogP contribution in [0.4, 0.5) is 10.3 Å². The third-order valence-electron chi connectivity index (χ3n) is 6.68. The van der Waals surface area contributed by atoms with Crippen molar-refractivity contribution in [3.05, 3.63) is 35.9 Å². The molecule has 1 aromatic heterocycles. The number of piperidine rings is 1. The van der Waals surface area contributed by atoms with Gasteiger partial charge in [0.05, 0.1) is 5.92 Å². The first-order chi connectivity index (χ1) is 15.7. The second-order valence-corrected chi connectivity index (χ2v) is 9.82. The molecule has 3 saturated heterocycles. The number of hydrogen-bond donors (Lipinski definition) is 0. The van der Waals surface area contributed by atoms with Gasteiger partial charge in [-0.25, -0.2) is 0 Å². The van der Waals surface area contributed by atoms with E-state index >= 15 is 0 Å². The Labute approximate surface area is 192 Å². The molecule has 0 aliphatic carbocycles. The molecular formula is C23H30N6O2S. The number of benzene rings is 1. The van der Waals surface area contributed by atoms with Gasteiger partial charge in [-0.15, -0.1) is 10.2 Å². The van der Waals surface area contributed by atoms with E-state index < -0.39 is 0 Å². The normalized spacial score (nSPS) is 22.6. The first-order valence-electron chi connectivity index (χ1n) is 11.6. The van der Waals surface area contributed by atoms with Gasteiger partial charge in [-0.1, -0.05) is 41.7 Å². The van der Waals surface area contributed by atoms with Gasteiger partial charge in [-0.3, -0.25) is 19.4 Å². The Morgan fingerprint density at radius 3 is 2.50 bits per heavy atom. The van der Waals surface area contributed by atoms with Gasteiger partial charge in [0.1, 0.15) is 0 Å². The molecule has 9 heteroatoms. The Morgan fingerprint density at radius 1 is 0.969 bits per heavy atom. The summed E-state index contributed by atoms with van der Waals surface area (Å²) in [5.74, 6) is 0.407. The highest BCUT2D eigenvalue weighted by molar-refractivity contribution is 7.19. The maximum atomic E-state index is 13.2. The first-order valence-corrected chi connectivity index (χ1v) is 12.4. The van der Waals surface area contributed by atoms with E-state index in [9.17, 15) is 9.59 Å². The van der Waals surface area contributed by atoms with Gasteiger partial charge < -0.3 is 9.80 Å². The summed E-state index contributed by atoms with van der Waals surface area (Å²) in [4.78, 5) is 33.6. The van der Waals surface area contributed by atoms with Crippen LogP contribution in [0.2, 0.25) is 0 Å². The Balaban J connectivity index is 1.15. The van der Waals surface area contributed by atoms with Crippen molar-refractivity contribution in [2.75, 3.05) is 55.6 Å². The minimum atomic E-state index is 0.00481. The van der Waals surface area contributed by atoms with Crippen molar-refractivity contribution >= 4 is 33.4 Å². The molecule has 2 amide bonds. The summed E-state index contributed by atoms with van der Waals surface area (Å²) >= 11 is 1.47. The highest BCUT2D eigenvalue weighted by atomic mass is 32.1. The lowest BCUT2D eigenvalue weighted by atomic mass is 9.96. The SMILES string of the molecule is O=C([C@H]1CCCN(c2nnc(N3CCCC3=O)s2)C1)N1CCN(Cc2ccccc2)CC1. The zero-order valence-electron chi connectivity index (χ0n) is 18.4. The van der Waals surface area contributed by atoms with E-state index in [1.807, 2.05) is 11.0 Å². The molecule has 5 rings (SSSR count). The predicted octanol–water partition coefficient (Wildman–Crippen LogP) is 2.23. The molecule has 8 nitrogen and oxygen atoms in total. The van der Waals surface area contributed by atoms with E-state index in [2.05, 4.69) is 44.3 Å². The number of carbonyl (C=O) groups excluding carboxylic acids is 2. The third-order valence-corrected chi connectivity index (χ3v) is 7.69. The molecule has 0 bridgehead atoms. The van der Waals surface area contributed by atoms with E-state index in [0.717, 1.165) is 70.2 Å². The van der Waals surface area contributed by atoms with Crippen LogP contribution >= 0.6 is 11.3 Å². The molecule has 0 saturated carbocycles. The molecule has 1 aromatic carbocycles. The number of nitrogens with zero attached hydrogens (tertiary/aromatic N) is 6. The molecule has 0 unspecified atom stereocenters. The molecule has 3 fully saturated rings. The van der Waals surface area contributed by atoms with Crippen LogP contribution in [-0.4, -0.2) is 77.6 Å². The number of carbonyl (C=O) groups is 2. The second-order valence-electron chi connectivity index (χ2n) is 8.89. The smallest absolute Gasteiger partial charge is 0.228 e.